The molecule has 0 saturated heterocycles. The smallest absolute Gasteiger partial charge is 0.417 e. The van der Waals surface area contributed by atoms with Gasteiger partial charge in [-0.25, -0.2) is 4.79 Å². The molecule has 5 heteroatoms. The first-order valence-electron chi connectivity index (χ1n) is 11.0. The number of para-hydroxylation sites is 1. The van der Waals surface area contributed by atoms with Crippen molar-refractivity contribution < 1.29 is 14.3 Å². The molecule has 5 rings (SSSR count). The molecule has 1 aliphatic rings. The Balaban J connectivity index is 1.18. The Bertz CT molecular complexity index is 1230. The zero-order valence-corrected chi connectivity index (χ0v) is 18.1. The van der Waals surface area contributed by atoms with E-state index in [-0.39, 0.29) is 0 Å². The predicted molar refractivity (Wildman–Crippen MR) is 130 cm³/mol. The SMILES string of the molecule is O=C(Nc1ccc(Oc2ccccc2)cc1)Oc1ccc2c(c1)CCN2Cc1ccccc1. The molecule has 0 atom stereocenters. The molecule has 1 aliphatic heterocycles. The van der Waals surface area contributed by atoms with Crippen LogP contribution in [0.1, 0.15) is 11.1 Å². The van der Waals surface area contributed by atoms with E-state index in [2.05, 4.69) is 34.5 Å². The molecule has 1 N–H and O–H groups in total. The van der Waals surface area contributed by atoms with Crippen LogP contribution in [0.5, 0.6) is 17.2 Å². The largest absolute Gasteiger partial charge is 0.457 e. The summed E-state index contributed by atoms with van der Waals surface area (Å²) in [7, 11) is 0. The maximum atomic E-state index is 12.4. The Morgan fingerprint density at radius 2 is 1.45 bits per heavy atom. The van der Waals surface area contributed by atoms with Crippen LogP contribution in [-0.4, -0.2) is 12.6 Å². The fourth-order valence-electron chi connectivity index (χ4n) is 3.96. The first-order chi connectivity index (χ1) is 16.2. The number of nitrogens with zero attached hydrogens (tertiary/aromatic N) is 1. The van der Waals surface area contributed by atoms with Gasteiger partial charge in [0.15, 0.2) is 0 Å². The number of nitrogens with one attached hydrogen (secondary N) is 1. The van der Waals surface area contributed by atoms with Crippen molar-refractivity contribution in [2.75, 3.05) is 16.8 Å². The minimum atomic E-state index is -0.522. The number of rotatable bonds is 6. The van der Waals surface area contributed by atoms with Crippen LogP contribution < -0.4 is 19.7 Å². The highest BCUT2D eigenvalue weighted by atomic mass is 16.6. The summed E-state index contributed by atoms with van der Waals surface area (Å²) < 4.78 is 11.3. The van der Waals surface area contributed by atoms with Crippen LogP contribution in [0.3, 0.4) is 0 Å². The van der Waals surface area contributed by atoms with Crippen LogP contribution in [0.2, 0.25) is 0 Å². The number of ether oxygens (including phenoxy) is 2. The molecule has 1 amide bonds. The molecule has 0 spiro atoms. The van der Waals surface area contributed by atoms with Gasteiger partial charge in [-0.3, -0.25) is 5.32 Å². The normalized spacial score (nSPS) is 12.2. The summed E-state index contributed by atoms with van der Waals surface area (Å²) in [6.45, 7) is 1.83. The molecule has 0 saturated carbocycles. The predicted octanol–water partition coefficient (Wildman–Crippen LogP) is 6.65. The van der Waals surface area contributed by atoms with Gasteiger partial charge in [-0.2, -0.15) is 0 Å². The van der Waals surface area contributed by atoms with E-state index >= 15 is 0 Å². The van der Waals surface area contributed by atoms with Gasteiger partial charge in [0.1, 0.15) is 17.2 Å². The first kappa shape index (κ1) is 20.6. The molecule has 0 fully saturated rings. The van der Waals surface area contributed by atoms with Gasteiger partial charge in [-0.1, -0.05) is 48.5 Å². The first-order valence-corrected chi connectivity index (χ1v) is 11.0. The van der Waals surface area contributed by atoms with E-state index in [0.717, 1.165) is 25.3 Å². The van der Waals surface area contributed by atoms with E-state index < -0.39 is 6.09 Å². The Morgan fingerprint density at radius 1 is 0.788 bits per heavy atom. The molecule has 1 heterocycles. The fraction of sp³-hybridized carbons (Fsp3) is 0.107. The third kappa shape index (κ3) is 5.15. The van der Waals surface area contributed by atoms with Crippen LogP contribution in [0.25, 0.3) is 0 Å². The summed E-state index contributed by atoms with van der Waals surface area (Å²) in [5.74, 6) is 1.99. The van der Waals surface area contributed by atoms with E-state index in [4.69, 9.17) is 9.47 Å². The highest BCUT2D eigenvalue weighted by Gasteiger charge is 2.20. The molecule has 0 unspecified atom stereocenters. The fourth-order valence-corrected chi connectivity index (χ4v) is 3.96. The van der Waals surface area contributed by atoms with Crippen molar-refractivity contribution in [3.63, 3.8) is 0 Å². The van der Waals surface area contributed by atoms with Gasteiger partial charge in [0, 0.05) is 24.5 Å². The summed E-state index contributed by atoms with van der Waals surface area (Å²) in [5.41, 5.74) is 4.31. The minimum absolute atomic E-state index is 0.522. The number of carbonyl (C=O) groups is 1. The lowest BCUT2D eigenvalue weighted by Crippen LogP contribution is -2.19. The zero-order chi connectivity index (χ0) is 22.5. The van der Waals surface area contributed by atoms with Crippen molar-refractivity contribution in [1.82, 2.24) is 0 Å². The standard InChI is InChI=1S/C28H24N2O3/c31-28(29-23-11-13-25(14-12-23)32-24-9-5-2-6-10-24)33-26-15-16-27-22(19-26)17-18-30(27)20-21-7-3-1-4-8-21/h1-16,19H,17-18,20H2,(H,29,31). The molecule has 0 aliphatic carbocycles. The molecule has 0 radical (unpaired) electrons. The van der Waals surface area contributed by atoms with E-state index in [1.165, 1.54) is 16.8 Å². The highest BCUT2D eigenvalue weighted by Crippen LogP contribution is 2.32. The second-order valence-electron chi connectivity index (χ2n) is 7.90. The molecule has 4 aromatic carbocycles. The number of anilines is 2. The van der Waals surface area contributed by atoms with Crippen molar-refractivity contribution in [3.8, 4) is 17.2 Å². The summed E-state index contributed by atoms with van der Waals surface area (Å²) in [6, 6.07) is 33.0. The average Bonchev–Trinajstić information content (AvgIpc) is 3.23. The number of hydrogen-bond acceptors (Lipinski definition) is 4. The van der Waals surface area contributed by atoms with Crippen LogP contribution in [0.4, 0.5) is 16.2 Å². The summed E-state index contributed by atoms with van der Waals surface area (Å²) >= 11 is 0. The topological polar surface area (TPSA) is 50.8 Å². The monoisotopic (exact) mass is 436 g/mol. The average molecular weight is 437 g/mol. The Morgan fingerprint density at radius 3 is 2.21 bits per heavy atom. The van der Waals surface area contributed by atoms with Gasteiger partial charge in [0.05, 0.1) is 0 Å². The van der Waals surface area contributed by atoms with E-state index in [0.29, 0.717) is 17.2 Å². The Hall–Kier alpha value is -4.25. The maximum absolute atomic E-state index is 12.4. The van der Waals surface area contributed by atoms with Gasteiger partial charge < -0.3 is 14.4 Å². The quantitative estimate of drug-likeness (QED) is 0.368. The van der Waals surface area contributed by atoms with Crippen molar-refractivity contribution in [3.05, 3.63) is 114 Å². The number of hydrogen-bond donors (Lipinski definition) is 1. The lowest BCUT2D eigenvalue weighted by Gasteiger charge is -2.19. The van der Waals surface area contributed by atoms with Crippen molar-refractivity contribution in [2.24, 2.45) is 0 Å². The lowest BCUT2D eigenvalue weighted by molar-refractivity contribution is 0.215. The third-order valence-corrected chi connectivity index (χ3v) is 5.55. The molecule has 0 bridgehead atoms. The molecular formula is C28H24N2O3. The summed E-state index contributed by atoms with van der Waals surface area (Å²) in [5, 5.41) is 2.76. The Labute approximate surface area is 193 Å². The van der Waals surface area contributed by atoms with Gasteiger partial charge in [-0.15, -0.1) is 0 Å². The van der Waals surface area contributed by atoms with Crippen molar-refractivity contribution in [2.45, 2.75) is 13.0 Å². The number of carbonyl (C=O) groups excluding carboxylic acids is 1. The second kappa shape index (κ2) is 9.49. The summed E-state index contributed by atoms with van der Waals surface area (Å²) in [4.78, 5) is 14.7. The van der Waals surface area contributed by atoms with Gasteiger partial charge in [0.2, 0.25) is 0 Å². The lowest BCUT2D eigenvalue weighted by atomic mass is 10.1. The van der Waals surface area contributed by atoms with E-state index in [9.17, 15) is 4.79 Å². The molecule has 0 aromatic heterocycles. The Kier molecular flexibility index (Phi) is 5.93. The van der Waals surface area contributed by atoms with Gasteiger partial charge >= 0.3 is 6.09 Å². The molecular weight excluding hydrogens is 412 g/mol. The number of benzene rings is 4. The van der Waals surface area contributed by atoms with Gasteiger partial charge in [0.25, 0.3) is 0 Å². The zero-order valence-electron chi connectivity index (χ0n) is 18.1. The molecule has 4 aromatic rings. The van der Waals surface area contributed by atoms with Gasteiger partial charge in [-0.05, 0) is 72.1 Å². The molecule has 164 valence electrons. The molecule has 5 nitrogen and oxygen atoms in total. The second-order valence-corrected chi connectivity index (χ2v) is 7.90. The number of fused-ring (bicyclic) bond motifs is 1. The van der Waals surface area contributed by atoms with Crippen LogP contribution in [0, 0.1) is 0 Å². The minimum Gasteiger partial charge on any atom is -0.457 e. The summed E-state index contributed by atoms with van der Waals surface area (Å²) in [6.07, 6.45) is 0.412. The number of amides is 1. The third-order valence-electron chi connectivity index (χ3n) is 5.55. The van der Waals surface area contributed by atoms with Crippen LogP contribution >= 0.6 is 0 Å². The van der Waals surface area contributed by atoms with E-state index in [1.54, 1.807) is 24.3 Å². The van der Waals surface area contributed by atoms with Crippen LogP contribution in [0.15, 0.2) is 103 Å². The highest BCUT2D eigenvalue weighted by molar-refractivity contribution is 5.86. The van der Waals surface area contributed by atoms with E-state index in [1.807, 2.05) is 54.6 Å². The van der Waals surface area contributed by atoms with Crippen molar-refractivity contribution in [1.29, 1.82) is 0 Å². The van der Waals surface area contributed by atoms with Crippen LogP contribution in [-0.2, 0) is 13.0 Å². The molecule has 33 heavy (non-hydrogen) atoms. The maximum Gasteiger partial charge on any atom is 0.417 e. The van der Waals surface area contributed by atoms with Crippen molar-refractivity contribution >= 4 is 17.5 Å².